The Hall–Kier alpha value is -0.790. The van der Waals surface area contributed by atoms with Gasteiger partial charge in [0.15, 0.2) is 0 Å². The zero-order valence-corrected chi connectivity index (χ0v) is 20.1. The van der Waals surface area contributed by atoms with E-state index in [9.17, 15) is 13.2 Å². The number of carbonyl (C=O) groups is 1. The van der Waals surface area contributed by atoms with Crippen LogP contribution in [0.3, 0.4) is 0 Å². The third-order valence-electron chi connectivity index (χ3n) is 3.81. The summed E-state index contributed by atoms with van der Waals surface area (Å²) >= 11 is 9.38. The number of benzene rings is 1. The largest absolute Gasteiger partial charge is 0.351 e. The van der Waals surface area contributed by atoms with E-state index in [1.54, 1.807) is 18.2 Å². The van der Waals surface area contributed by atoms with E-state index in [4.69, 9.17) is 11.6 Å². The average molecular weight is 482 g/mol. The predicted octanol–water partition coefficient (Wildman–Crippen LogP) is 4.98. The topological polar surface area (TPSA) is 66.5 Å². The molecule has 0 aliphatic heterocycles. The minimum absolute atomic E-state index is 0.0773. The first-order valence-electron chi connectivity index (χ1n) is 8.84. The highest BCUT2D eigenvalue weighted by Crippen LogP contribution is 2.29. The molecule has 8 heteroatoms. The lowest BCUT2D eigenvalue weighted by molar-refractivity contribution is -0.123. The standard InChI is InChI=1S/C19H30BrClN2O3S/c1-18(2,3)13-19(4,5)22-17(24)8-7-11-23(27(6,25)26)14-9-10-15(20)16(21)12-14/h9-10,12H,7-8,11,13H2,1-6H3,(H,22,24). The molecule has 0 aliphatic carbocycles. The normalized spacial score (nSPS) is 12.7. The first-order chi connectivity index (χ1) is 12.1. The Bertz CT molecular complexity index is 774. The van der Waals surface area contributed by atoms with E-state index in [0.29, 0.717) is 21.6 Å². The fraction of sp³-hybridized carbons (Fsp3) is 0.632. The van der Waals surface area contributed by atoms with Crippen LogP contribution in [0, 0.1) is 5.41 Å². The Balaban J connectivity index is 2.72. The molecule has 0 heterocycles. The Morgan fingerprint density at radius 3 is 2.30 bits per heavy atom. The molecule has 1 rings (SSSR count). The zero-order valence-electron chi connectivity index (χ0n) is 16.9. The SMILES string of the molecule is CC(C)(C)CC(C)(C)NC(=O)CCCN(c1ccc(Br)c(Cl)c1)S(C)(=O)=O. The minimum atomic E-state index is -3.48. The number of carbonyl (C=O) groups excluding carboxylic acids is 1. The quantitative estimate of drug-likeness (QED) is 0.569. The molecule has 0 saturated heterocycles. The molecule has 154 valence electrons. The Kier molecular flexibility index (Phi) is 8.21. The van der Waals surface area contributed by atoms with Gasteiger partial charge in [0.1, 0.15) is 0 Å². The summed E-state index contributed by atoms with van der Waals surface area (Å²) in [6.45, 7) is 10.6. The van der Waals surface area contributed by atoms with E-state index in [-0.39, 0.29) is 29.8 Å². The monoisotopic (exact) mass is 480 g/mol. The number of hydrogen-bond acceptors (Lipinski definition) is 3. The first-order valence-corrected chi connectivity index (χ1v) is 11.9. The van der Waals surface area contributed by atoms with Gasteiger partial charge in [-0.2, -0.15) is 0 Å². The molecule has 0 radical (unpaired) electrons. The second-order valence-electron chi connectivity index (χ2n) is 8.71. The number of amides is 1. The second-order valence-corrected chi connectivity index (χ2v) is 11.9. The van der Waals surface area contributed by atoms with Crippen molar-refractivity contribution in [1.82, 2.24) is 5.32 Å². The van der Waals surface area contributed by atoms with Gasteiger partial charge in [-0.1, -0.05) is 32.4 Å². The number of nitrogens with one attached hydrogen (secondary N) is 1. The summed E-state index contributed by atoms with van der Waals surface area (Å²) in [5, 5.41) is 3.48. The van der Waals surface area contributed by atoms with Crippen LogP contribution in [0.4, 0.5) is 5.69 Å². The van der Waals surface area contributed by atoms with Gasteiger partial charge in [0.25, 0.3) is 0 Å². The van der Waals surface area contributed by atoms with Crippen LogP contribution in [0.1, 0.15) is 53.9 Å². The summed E-state index contributed by atoms with van der Waals surface area (Å²) in [4.78, 5) is 12.3. The van der Waals surface area contributed by atoms with E-state index >= 15 is 0 Å². The number of halogens is 2. The molecule has 0 atom stereocenters. The molecule has 27 heavy (non-hydrogen) atoms. The van der Waals surface area contributed by atoms with Crippen LogP contribution >= 0.6 is 27.5 Å². The van der Waals surface area contributed by atoms with Crippen LogP contribution in [0.5, 0.6) is 0 Å². The third-order valence-corrected chi connectivity index (χ3v) is 6.23. The summed E-state index contributed by atoms with van der Waals surface area (Å²) in [6, 6.07) is 4.99. The van der Waals surface area contributed by atoms with Crippen LogP contribution in [-0.4, -0.2) is 32.7 Å². The summed E-state index contributed by atoms with van der Waals surface area (Å²) in [6.07, 6.45) is 2.66. The van der Waals surface area contributed by atoms with Crippen LogP contribution in [0.15, 0.2) is 22.7 Å². The third kappa shape index (κ3) is 8.83. The predicted molar refractivity (Wildman–Crippen MR) is 117 cm³/mol. The maximum absolute atomic E-state index is 12.3. The van der Waals surface area contributed by atoms with Gasteiger partial charge in [0.05, 0.1) is 17.0 Å². The summed E-state index contributed by atoms with van der Waals surface area (Å²) in [7, 11) is -3.48. The van der Waals surface area contributed by atoms with Gasteiger partial charge >= 0.3 is 0 Å². The summed E-state index contributed by atoms with van der Waals surface area (Å²) in [5.41, 5.74) is 0.273. The Morgan fingerprint density at radius 1 is 1.22 bits per heavy atom. The van der Waals surface area contributed by atoms with E-state index < -0.39 is 10.0 Å². The van der Waals surface area contributed by atoms with E-state index in [1.165, 1.54) is 4.31 Å². The Morgan fingerprint density at radius 2 is 1.81 bits per heavy atom. The van der Waals surface area contributed by atoms with Gasteiger partial charge in [-0.15, -0.1) is 0 Å². The molecule has 0 saturated carbocycles. The van der Waals surface area contributed by atoms with E-state index in [2.05, 4.69) is 42.0 Å². The van der Waals surface area contributed by atoms with Gasteiger partial charge in [-0.3, -0.25) is 9.10 Å². The van der Waals surface area contributed by atoms with Crippen molar-refractivity contribution in [3.8, 4) is 0 Å². The molecule has 1 aromatic carbocycles. The number of hydrogen-bond donors (Lipinski definition) is 1. The van der Waals surface area contributed by atoms with E-state index in [1.807, 2.05) is 13.8 Å². The van der Waals surface area contributed by atoms with Crippen LogP contribution in [0.2, 0.25) is 5.02 Å². The van der Waals surface area contributed by atoms with Crippen LogP contribution < -0.4 is 9.62 Å². The number of nitrogens with zero attached hydrogens (tertiary/aromatic N) is 1. The average Bonchev–Trinajstić information content (AvgIpc) is 2.42. The lowest BCUT2D eigenvalue weighted by atomic mass is 9.82. The maximum Gasteiger partial charge on any atom is 0.232 e. The highest BCUT2D eigenvalue weighted by Gasteiger charge is 2.27. The first kappa shape index (κ1) is 24.2. The maximum atomic E-state index is 12.3. The van der Waals surface area contributed by atoms with Gasteiger partial charge in [-0.25, -0.2) is 8.42 Å². The molecule has 0 bridgehead atoms. The molecule has 1 amide bonds. The molecule has 0 spiro atoms. The molecule has 0 unspecified atom stereocenters. The van der Waals surface area contributed by atoms with Crippen molar-refractivity contribution in [3.05, 3.63) is 27.7 Å². The van der Waals surface area contributed by atoms with E-state index in [0.717, 1.165) is 12.7 Å². The fourth-order valence-corrected chi connectivity index (χ4v) is 4.70. The smallest absolute Gasteiger partial charge is 0.232 e. The van der Waals surface area contributed by atoms with Crippen molar-refractivity contribution in [2.45, 2.75) is 59.4 Å². The lowest BCUT2D eigenvalue weighted by Crippen LogP contribution is -2.46. The molecular weight excluding hydrogens is 452 g/mol. The number of rotatable bonds is 8. The summed E-state index contributed by atoms with van der Waals surface area (Å²) < 4.78 is 26.3. The fourth-order valence-electron chi connectivity index (χ4n) is 3.32. The molecule has 0 aromatic heterocycles. The highest BCUT2D eigenvalue weighted by molar-refractivity contribution is 9.10. The van der Waals surface area contributed by atoms with Crippen molar-refractivity contribution in [2.24, 2.45) is 5.41 Å². The number of sulfonamides is 1. The molecule has 5 nitrogen and oxygen atoms in total. The minimum Gasteiger partial charge on any atom is -0.351 e. The molecule has 0 aliphatic rings. The molecular formula is C19H30BrClN2O3S. The van der Waals surface area contributed by atoms with Crippen molar-refractivity contribution < 1.29 is 13.2 Å². The second kappa shape index (κ2) is 9.14. The van der Waals surface area contributed by atoms with Crippen molar-refractivity contribution in [2.75, 3.05) is 17.1 Å². The summed E-state index contributed by atoms with van der Waals surface area (Å²) in [5.74, 6) is -0.0773. The molecule has 1 aromatic rings. The van der Waals surface area contributed by atoms with Crippen LogP contribution in [0.25, 0.3) is 0 Å². The van der Waals surface area contributed by atoms with Crippen molar-refractivity contribution in [3.63, 3.8) is 0 Å². The van der Waals surface area contributed by atoms with Crippen molar-refractivity contribution in [1.29, 1.82) is 0 Å². The lowest BCUT2D eigenvalue weighted by Gasteiger charge is -2.33. The van der Waals surface area contributed by atoms with Gasteiger partial charge in [0.2, 0.25) is 15.9 Å². The zero-order chi connectivity index (χ0) is 21.0. The van der Waals surface area contributed by atoms with Gasteiger partial charge in [-0.05, 0) is 66.2 Å². The highest BCUT2D eigenvalue weighted by atomic mass is 79.9. The van der Waals surface area contributed by atoms with Crippen molar-refractivity contribution >= 4 is 49.1 Å². The van der Waals surface area contributed by atoms with Gasteiger partial charge < -0.3 is 5.32 Å². The number of anilines is 1. The molecule has 1 N–H and O–H groups in total. The van der Waals surface area contributed by atoms with Crippen LogP contribution in [-0.2, 0) is 14.8 Å². The Labute approximate surface area is 177 Å². The molecule has 0 fully saturated rings. The van der Waals surface area contributed by atoms with Gasteiger partial charge in [0, 0.05) is 23.0 Å².